The zero-order valence-electron chi connectivity index (χ0n) is 20.0. The summed E-state index contributed by atoms with van der Waals surface area (Å²) in [5.74, 6) is -2.22. The van der Waals surface area contributed by atoms with Gasteiger partial charge in [0.15, 0.2) is 22.7 Å². The number of primary amides is 1. The molecule has 188 valence electrons. The van der Waals surface area contributed by atoms with Crippen LogP contribution in [0.1, 0.15) is 22.6 Å². The van der Waals surface area contributed by atoms with Crippen molar-refractivity contribution in [2.24, 2.45) is 11.7 Å². The van der Waals surface area contributed by atoms with E-state index in [0.717, 1.165) is 0 Å². The normalized spacial score (nSPS) is 28.1. The SMILES string of the molecule is COc1cc(OC)c2c(c1)O[C@@]1(c3ccc(OC)c(O)c3)[C@H](c3ccccc3)C(C(N)=O)C(O)[C@@]21O. The number of rotatable bonds is 6. The molecule has 36 heavy (non-hydrogen) atoms. The van der Waals surface area contributed by atoms with E-state index in [-0.39, 0.29) is 28.6 Å². The molecule has 1 aliphatic heterocycles. The Kier molecular flexibility index (Phi) is 5.50. The van der Waals surface area contributed by atoms with Crippen molar-refractivity contribution in [1.82, 2.24) is 0 Å². The van der Waals surface area contributed by atoms with Crippen LogP contribution < -0.4 is 24.7 Å². The molecule has 0 bridgehead atoms. The van der Waals surface area contributed by atoms with E-state index in [1.807, 2.05) is 6.07 Å². The number of ether oxygens (including phenoxy) is 4. The number of aliphatic hydroxyl groups is 2. The number of aromatic hydroxyl groups is 1. The fraction of sp³-hybridized carbons (Fsp3) is 0.296. The Labute approximate surface area is 207 Å². The Morgan fingerprint density at radius 2 is 1.67 bits per heavy atom. The zero-order chi connectivity index (χ0) is 25.8. The standard InChI is InChI=1S/C27H27NO8/c1-33-16-12-19(35-3)23-20(13-16)36-27(15-9-10-18(34-2)17(29)11-15)22(14-7-5-4-6-8-14)21(25(28)31)24(30)26(23,27)32/h4-13,21-22,24,29-30,32H,1-3H3,(H2,28,31)/t21?,22-,24?,26+,27+/m1/s1. The smallest absolute Gasteiger partial charge is 0.224 e. The predicted molar refractivity (Wildman–Crippen MR) is 128 cm³/mol. The summed E-state index contributed by atoms with van der Waals surface area (Å²) < 4.78 is 22.8. The molecule has 1 amide bonds. The fourth-order valence-corrected chi connectivity index (χ4v) is 5.90. The van der Waals surface area contributed by atoms with Gasteiger partial charge in [-0.15, -0.1) is 0 Å². The minimum absolute atomic E-state index is 0.151. The Hall–Kier alpha value is -3.95. The van der Waals surface area contributed by atoms with Gasteiger partial charge in [-0.3, -0.25) is 4.79 Å². The lowest BCUT2D eigenvalue weighted by Crippen LogP contribution is -2.52. The van der Waals surface area contributed by atoms with Crippen LogP contribution in [0.5, 0.6) is 28.7 Å². The molecule has 3 aromatic rings. The van der Waals surface area contributed by atoms with E-state index in [4.69, 9.17) is 24.7 Å². The van der Waals surface area contributed by atoms with Gasteiger partial charge in [-0.2, -0.15) is 0 Å². The molecule has 3 aromatic carbocycles. The molecular formula is C27H27NO8. The third kappa shape index (κ3) is 2.93. The number of benzene rings is 3. The molecule has 9 heteroatoms. The van der Waals surface area contributed by atoms with E-state index in [1.165, 1.54) is 33.5 Å². The van der Waals surface area contributed by atoms with Gasteiger partial charge >= 0.3 is 0 Å². The Balaban J connectivity index is 1.90. The van der Waals surface area contributed by atoms with Gasteiger partial charge in [0.2, 0.25) is 5.91 Å². The first kappa shape index (κ1) is 23.8. The van der Waals surface area contributed by atoms with E-state index in [2.05, 4.69) is 0 Å². The number of phenols is 1. The van der Waals surface area contributed by atoms with Crippen molar-refractivity contribution in [3.63, 3.8) is 0 Å². The lowest BCUT2D eigenvalue weighted by molar-refractivity contribution is -0.154. The van der Waals surface area contributed by atoms with E-state index >= 15 is 0 Å². The summed E-state index contributed by atoms with van der Waals surface area (Å²) in [5.41, 5.74) is 2.90. The van der Waals surface area contributed by atoms with Gasteiger partial charge in [-0.1, -0.05) is 36.4 Å². The summed E-state index contributed by atoms with van der Waals surface area (Å²) in [4.78, 5) is 12.9. The summed E-state index contributed by atoms with van der Waals surface area (Å²) in [5, 5.41) is 35.0. The third-order valence-electron chi connectivity index (χ3n) is 7.37. The van der Waals surface area contributed by atoms with Crippen LogP contribution in [0.2, 0.25) is 0 Å². The van der Waals surface area contributed by atoms with Gasteiger partial charge in [0.05, 0.1) is 32.8 Å². The van der Waals surface area contributed by atoms with Gasteiger partial charge in [0, 0.05) is 23.6 Å². The number of hydrogen-bond acceptors (Lipinski definition) is 8. The molecule has 0 radical (unpaired) electrons. The van der Waals surface area contributed by atoms with Crippen molar-refractivity contribution >= 4 is 5.91 Å². The number of aliphatic hydroxyl groups excluding tert-OH is 1. The number of methoxy groups -OCH3 is 3. The average molecular weight is 494 g/mol. The maximum Gasteiger partial charge on any atom is 0.224 e. The van der Waals surface area contributed by atoms with Gasteiger partial charge < -0.3 is 40.0 Å². The first-order valence-corrected chi connectivity index (χ1v) is 11.3. The number of hydrogen-bond donors (Lipinski definition) is 4. The molecule has 0 spiro atoms. The second-order valence-electron chi connectivity index (χ2n) is 8.95. The van der Waals surface area contributed by atoms with Crippen LogP contribution in [0, 0.1) is 5.92 Å². The molecular weight excluding hydrogens is 466 g/mol. The molecule has 5 rings (SSSR count). The molecule has 0 aromatic heterocycles. The molecule has 1 heterocycles. The zero-order valence-corrected chi connectivity index (χ0v) is 20.0. The van der Waals surface area contributed by atoms with Crippen LogP contribution in [0.25, 0.3) is 0 Å². The maximum atomic E-state index is 12.9. The van der Waals surface area contributed by atoms with Crippen molar-refractivity contribution in [3.8, 4) is 28.7 Å². The van der Waals surface area contributed by atoms with Crippen molar-refractivity contribution < 1.29 is 39.1 Å². The quantitative estimate of drug-likeness (QED) is 0.410. The van der Waals surface area contributed by atoms with E-state index < -0.39 is 35.0 Å². The Morgan fingerprint density at radius 3 is 2.25 bits per heavy atom. The van der Waals surface area contributed by atoms with Crippen molar-refractivity contribution in [2.45, 2.75) is 23.2 Å². The molecule has 1 fully saturated rings. The molecule has 9 nitrogen and oxygen atoms in total. The summed E-state index contributed by atoms with van der Waals surface area (Å²) in [6.07, 6.45) is -1.69. The molecule has 1 aliphatic carbocycles. The maximum absolute atomic E-state index is 12.9. The highest BCUT2D eigenvalue weighted by atomic mass is 16.5. The first-order chi connectivity index (χ1) is 17.2. The van der Waals surface area contributed by atoms with Gasteiger partial charge in [0.1, 0.15) is 23.4 Å². The Morgan fingerprint density at radius 1 is 0.972 bits per heavy atom. The monoisotopic (exact) mass is 493 g/mol. The summed E-state index contributed by atoms with van der Waals surface area (Å²) in [7, 11) is 4.31. The highest BCUT2D eigenvalue weighted by Crippen LogP contribution is 2.70. The largest absolute Gasteiger partial charge is 0.504 e. The van der Waals surface area contributed by atoms with Crippen LogP contribution in [0.4, 0.5) is 0 Å². The van der Waals surface area contributed by atoms with Crippen molar-refractivity contribution in [1.29, 1.82) is 0 Å². The van der Waals surface area contributed by atoms with Gasteiger partial charge in [-0.25, -0.2) is 0 Å². The molecule has 1 saturated carbocycles. The van der Waals surface area contributed by atoms with Crippen LogP contribution in [-0.4, -0.2) is 48.7 Å². The molecule has 5 atom stereocenters. The molecule has 2 aliphatic rings. The van der Waals surface area contributed by atoms with E-state index in [1.54, 1.807) is 42.5 Å². The summed E-state index contributed by atoms with van der Waals surface area (Å²) in [6, 6.07) is 16.6. The van der Waals surface area contributed by atoms with E-state index in [9.17, 15) is 20.1 Å². The van der Waals surface area contributed by atoms with Gasteiger partial charge in [-0.05, 0) is 17.7 Å². The number of fused-ring (bicyclic) bond motifs is 3. The van der Waals surface area contributed by atoms with Crippen LogP contribution in [-0.2, 0) is 16.0 Å². The number of phenolic OH excluding ortho intramolecular Hbond substituents is 1. The number of carbonyl (C=O) groups is 1. The molecule has 2 unspecified atom stereocenters. The summed E-state index contributed by atoms with van der Waals surface area (Å²) in [6.45, 7) is 0. The van der Waals surface area contributed by atoms with Crippen LogP contribution >= 0.6 is 0 Å². The number of amides is 1. The number of carbonyl (C=O) groups excluding carboxylic acids is 1. The average Bonchev–Trinajstić information content (AvgIpc) is 3.26. The minimum Gasteiger partial charge on any atom is -0.504 e. The third-order valence-corrected chi connectivity index (χ3v) is 7.37. The van der Waals surface area contributed by atoms with E-state index in [0.29, 0.717) is 16.9 Å². The topological polar surface area (TPSA) is 141 Å². The second-order valence-corrected chi connectivity index (χ2v) is 8.95. The van der Waals surface area contributed by atoms with Crippen molar-refractivity contribution in [2.75, 3.05) is 21.3 Å². The summed E-state index contributed by atoms with van der Waals surface area (Å²) >= 11 is 0. The highest BCUT2D eigenvalue weighted by molar-refractivity contribution is 5.81. The molecule has 0 saturated heterocycles. The van der Waals surface area contributed by atoms with Crippen molar-refractivity contribution in [3.05, 3.63) is 77.4 Å². The first-order valence-electron chi connectivity index (χ1n) is 11.3. The number of nitrogens with two attached hydrogens (primary N) is 1. The predicted octanol–water partition coefficient (Wildman–Crippen LogP) is 2.15. The highest BCUT2D eigenvalue weighted by Gasteiger charge is 2.78. The van der Waals surface area contributed by atoms with Crippen LogP contribution in [0.15, 0.2) is 60.7 Å². The Bertz CT molecular complexity index is 1330. The molecule has 5 N–H and O–H groups in total. The van der Waals surface area contributed by atoms with Crippen LogP contribution in [0.3, 0.4) is 0 Å². The lowest BCUT2D eigenvalue weighted by atomic mass is 9.70. The van der Waals surface area contributed by atoms with Gasteiger partial charge in [0.25, 0.3) is 0 Å². The second kappa shape index (κ2) is 8.32. The lowest BCUT2D eigenvalue weighted by Gasteiger charge is -2.40. The minimum atomic E-state index is -2.21. The fourth-order valence-electron chi connectivity index (χ4n) is 5.90.